The van der Waals surface area contributed by atoms with Crippen LogP contribution in [-0.2, 0) is 6.18 Å². The lowest BCUT2D eigenvalue weighted by Crippen LogP contribution is -2.07. The Bertz CT molecular complexity index is 853. The van der Waals surface area contributed by atoms with E-state index in [2.05, 4.69) is 9.97 Å². The number of fused-ring (bicyclic) bond motifs is 1. The van der Waals surface area contributed by atoms with E-state index in [1.54, 1.807) is 18.2 Å². The molecule has 0 spiro atoms. The van der Waals surface area contributed by atoms with Gasteiger partial charge in [-0.15, -0.1) is 0 Å². The molecule has 0 aliphatic heterocycles. The highest BCUT2D eigenvalue weighted by atomic mass is 35.5. The second kappa shape index (κ2) is 6.41. The molecule has 2 aromatic heterocycles. The summed E-state index contributed by atoms with van der Waals surface area (Å²) in [4.78, 5) is 7.61. The number of nitrogens with zero attached hydrogens (tertiary/aromatic N) is 2. The molecule has 2 aromatic rings. The first kappa shape index (κ1) is 16.7. The van der Waals surface area contributed by atoms with Gasteiger partial charge in [0.2, 0.25) is 11.6 Å². The Kier molecular flexibility index (Phi) is 4.47. The van der Waals surface area contributed by atoms with Crippen molar-refractivity contribution in [1.82, 2.24) is 9.97 Å². The second-order valence-electron chi connectivity index (χ2n) is 5.19. The Hall–Kier alpha value is -2.12. The Balaban J connectivity index is 1.99. The van der Waals surface area contributed by atoms with Gasteiger partial charge >= 0.3 is 6.18 Å². The van der Waals surface area contributed by atoms with Crippen molar-refractivity contribution in [2.45, 2.75) is 12.6 Å². The van der Waals surface area contributed by atoms with Gasteiger partial charge in [0.25, 0.3) is 0 Å². The minimum absolute atomic E-state index is 0.0119. The maximum atomic E-state index is 12.7. The Labute approximate surface area is 140 Å². The van der Waals surface area contributed by atoms with Gasteiger partial charge in [-0.05, 0) is 30.5 Å². The molecule has 0 saturated heterocycles. The van der Waals surface area contributed by atoms with Crippen molar-refractivity contribution >= 4 is 28.4 Å². The molecule has 0 radical (unpaired) electrons. The van der Waals surface area contributed by atoms with Gasteiger partial charge in [0.1, 0.15) is 11.2 Å². The fourth-order valence-electron chi connectivity index (χ4n) is 2.30. The van der Waals surface area contributed by atoms with E-state index in [1.165, 1.54) is 6.07 Å². The van der Waals surface area contributed by atoms with Crippen molar-refractivity contribution in [1.29, 1.82) is 0 Å². The zero-order chi connectivity index (χ0) is 17.3. The Morgan fingerprint density at radius 2 is 2.04 bits per heavy atom. The Morgan fingerprint density at radius 3 is 2.75 bits per heavy atom. The smallest absolute Gasteiger partial charge is 0.418 e. The van der Waals surface area contributed by atoms with E-state index in [1.807, 2.05) is 6.08 Å². The molecule has 4 nitrogen and oxygen atoms in total. The molecule has 0 fully saturated rings. The summed E-state index contributed by atoms with van der Waals surface area (Å²) in [5.41, 5.74) is -0.592. The largest absolute Gasteiger partial charge is 0.433 e. The third kappa shape index (κ3) is 3.37. The molecule has 1 N–H and O–H groups in total. The van der Waals surface area contributed by atoms with Crippen molar-refractivity contribution in [3.05, 3.63) is 53.1 Å². The topological polar surface area (TPSA) is 59.2 Å². The number of oxazole rings is 1. The van der Waals surface area contributed by atoms with Gasteiger partial charge in [-0.2, -0.15) is 13.2 Å². The standard InChI is InChI=1S/C16H12ClF3N2O2/c17-11-8-9(6-7-23)2-1-3-10(11)14-21-12-4-5-13(16(18,19)20)22-15(12)24-14/h1-5,8-9,23H,6-7H2. The summed E-state index contributed by atoms with van der Waals surface area (Å²) >= 11 is 6.25. The molecule has 0 amide bonds. The fraction of sp³-hybridized carbons (Fsp3) is 0.250. The molecule has 126 valence electrons. The summed E-state index contributed by atoms with van der Waals surface area (Å²) in [5.74, 6) is 0.0444. The summed E-state index contributed by atoms with van der Waals surface area (Å²) < 4.78 is 43.5. The predicted octanol–water partition coefficient (Wildman–Crippen LogP) is 4.32. The zero-order valence-electron chi connectivity index (χ0n) is 12.2. The quantitative estimate of drug-likeness (QED) is 0.890. The SMILES string of the molecule is OCCC1C=CC=C(c2nc3ccc(C(F)(F)F)nc3o2)C(Cl)=C1. The molecule has 1 unspecified atom stereocenters. The summed E-state index contributed by atoms with van der Waals surface area (Å²) in [6, 6.07) is 2.06. The van der Waals surface area contributed by atoms with Gasteiger partial charge in [-0.25, -0.2) is 9.97 Å². The zero-order valence-corrected chi connectivity index (χ0v) is 13.0. The number of allylic oxidation sites excluding steroid dienone is 6. The number of pyridine rings is 1. The first-order valence-electron chi connectivity index (χ1n) is 7.10. The molecule has 0 aromatic carbocycles. The lowest BCUT2D eigenvalue weighted by atomic mass is 10.1. The first-order valence-corrected chi connectivity index (χ1v) is 7.48. The summed E-state index contributed by atoms with van der Waals surface area (Å²) in [6.07, 6.45) is 2.94. The number of aliphatic hydroxyl groups excluding tert-OH is 1. The fourth-order valence-corrected chi connectivity index (χ4v) is 2.61. The van der Waals surface area contributed by atoms with Crippen molar-refractivity contribution in [2.75, 3.05) is 6.61 Å². The van der Waals surface area contributed by atoms with Crippen LogP contribution < -0.4 is 0 Å². The normalized spacial score (nSPS) is 18.5. The van der Waals surface area contributed by atoms with Gasteiger partial charge in [0.05, 0.1) is 5.57 Å². The average molecular weight is 357 g/mol. The number of aromatic nitrogens is 2. The van der Waals surface area contributed by atoms with E-state index in [9.17, 15) is 13.2 Å². The molecule has 0 saturated carbocycles. The molecule has 2 heterocycles. The van der Waals surface area contributed by atoms with E-state index in [4.69, 9.17) is 21.1 Å². The molecule has 1 aliphatic rings. The lowest BCUT2D eigenvalue weighted by Gasteiger charge is -2.05. The van der Waals surface area contributed by atoms with Crippen LogP contribution in [0.1, 0.15) is 18.0 Å². The molecular formula is C16H12ClF3N2O2. The molecule has 3 rings (SSSR count). The first-order chi connectivity index (χ1) is 11.4. The minimum atomic E-state index is -4.56. The van der Waals surface area contributed by atoms with Gasteiger partial charge < -0.3 is 9.52 Å². The second-order valence-corrected chi connectivity index (χ2v) is 5.60. The monoisotopic (exact) mass is 356 g/mol. The van der Waals surface area contributed by atoms with E-state index in [0.717, 1.165) is 6.07 Å². The maximum Gasteiger partial charge on any atom is 0.433 e. The average Bonchev–Trinajstić information content (AvgIpc) is 2.84. The summed E-state index contributed by atoms with van der Waals surface area (Å²) in [5, 5.41) is 9.36. The Morgan fingerprint density at radius 1 is 1.25 bits per heavy atom. The van der Waals surface area contributed by atoms with Crippen LogP contribution in [0.5, 0.6) is 0 Å². The van der Waals surface area contributed by atoms with Crippen molar-refractivity contribution < 1.29 is 22.7 Å². The molecule has 24 heavy (non-hydrogen) atoms. The van der Waals surface area contributed by atoms with Crippen LogP contribution in [0.2, 0.25) is 0 Å². The summed E-state index contributed by atoms with van der Waals surface area (Å²) in [6.45, 7) is 0.0119. The number of halogens is 4. The van der Waals surface area contributed by atoms with Crippen LogP contribution >= 0.6 is 11.6 Å². The van der Waals surface area contributed by atoms with Crippen LogP contribution in [0.15, 0.2) is 45.9 Å². The molecule has 1 atom stereocenters. The van der Waals surface area contributed by atoms with E-state index < -0.39 is 11.9 Å². The lowest BCUT2D eigenvalue weighted by molar-refractivity contribution is -0.141. The van der Waals surface area contributed by atoms with Gasteiger partial charge in [-0.1, -0.05) is 29.8 Å². The van der Waals surface area contributed by atoms with Crippen LogP contribution in [0.25, 0.3) is 16.8 Å². The third-order valence-electron chi connectivity index (χ3n) is 3.48. The van der Waals surface area contributed by atoms with Gasteiger partial charge in [-0.3, -0.25) is 0 Å². The van der Waals surface area contributed by atoms with Crippen molar-refractivity contribution in [3.8, 4) is 0 Å². The maximum absolute atomic E-state index is 12.7. The number of aliphatic hydroxyl groups is 1. The van der Waals surface area contributed by atoms with Crippen LogP contribution in [0.3, 0.4) is 0 Å². The van der Waals surface area contributed by atoms with Crippen molar-refractivity contribution in [2.24, 2.45) is 5.92 Å². The van der Waals surface area contributed by atoms with Crippen LogP contribution in [0, 0.1) is 5.92 Å². The minimum Gasteiger partial charge on any atom is -0.418 e. The van der Waals surface area contributed by atoms with Crippen LogP contribution in [0.4, 0.5) is 13.2 Å². The number of hydrogen-bond acceptors (Lipinski definition) is 4. The molecular weight excluding hydrogens is 345 g/mol. The van der Waals surface area contributed by atoms with Gasteiger partial charge in [0, 0.05) is 11.6 Å². The highest BCUT2D eigenvalue weighted by Gasteiger charge is 2.33. The van der Waals surface area contributed by atoms with E-state index in [-0.39, 0.29) is 29.6 Å². The summed E-state index contributed by atoms with van der Waals surface area (Å²) in [7, 11) is 0. The molecule has 0 bridgehead atoms. The molecule has 1 aliphatic carbocycles. The number of hydrogen-bond donors (Lipinski definition) is 1. The number of rotatable bonds is 3. The third-order valence-corrected chi connectivity index (χ3v) is 3.81. The van der Waals surface area contributed by atoms with E-state index in [0.29, 0.717) is 17.0 Å². The highest BCUT2D eigenvalue weighted by Crippen LogP contribution is 2.33. The highest BCUT2D eigenvalue weighted by molar-refractivity contribution is 6.36. The van der Waals surface area contributed by atoms with Gasteiger partial charge in [0.15, 0.2) is 0 Å². The molecule has 8 heteroatoms. The number of alkyl halides is 3. The predicted molar refractivity (Wildman–Crippen MR) is 83.1 cm³/mol. The van der Waals surface area contributed by atoms with Crippen LogP contribution in [-0.4, -0.2) is 21.7 Å². The van der Waals surface area contributed by atoms with E-state index >= 15 is 0 Å². The van der Waals surface area contributed by atoms with Crippen molar-refractivity contribution in [3.63, 3.8) is 0 Å².